The van der Waals surface area contributed by atoms with Gasteiger partial charge in [-0.3, -0.25) is 4.90 Å². The molecule has 156 valence electrons. The topological polar surface area (TPSA) is 66.5 Å². The second-order valence-corrected chi connectivity index (χ2v) is 7.80. The maximum Gasteiger partial charge on any atom is 0.315 e. The summed E-state index contributed by atoms with van der Waals surface area (Å²) in [6.07, 6.45) is 5.28. The van der Waals surface area contributed by atoms with Crippen molar-refractivity contribution in [2.24, 2.45) is 0 Å². The molecule has 2 N–H and O–H groups in total. The minimum atomic E-state index is -0.158. The van der Waals surface area contributed by atoms with E-state index in [4.69, 9.17) is 4.74 Å². The van der Waals surface area contributed by atoms with Gasteiger partial charge in [0.15, 0.2) is 0 Å². The van der Waals surface area contributed by atoms with Gasteiger partial charge in [0.1, 0.15) is 0 Å². The Bertz CT molecular complexity index is 766. The quantitative estimate of drug-likeness (QED) is 0.714. The molecule has 1 aromatic heterocycles. The van der Waals surface area contributed by atoms with Crippen LogP contribution in [0, 0.1) is 0 Å². The number of rotatable bonds is 8. The third kappa shape index (κ3) is 6.75. The van der Waals surface area contributed by atoms with Crippen LogP contribution in [0.1, 0.15) is 44.2 Å². The van der Waals surface area contributed by atoms with Crippen molar-refractivity contribution in [1.82, 2.24) is 20.5 Å². The standard InChI is InChI=1S/C23H32N4O2/c1-18(2)29-22-20(11-8-13-24-22)15-25-23(28)26-16-21-12-6-7-14-27(21)17-19-9-4-3-5-10-19/h3-5,8-11,13,18,21H,6-7,12,14-17H2,1-2H3,(H2,25,26,28). The smallest absolute Gasteiger partial charge is 0.315 e. The van der Waals surface area contributed by atoms with Crippen LogP contribution in [0.5, 0.6) is 5.88 Å². The summed E-state index contributed by atoms with van der Waals surface area (Å²) in [5.74, 6) is 0.573. The lowest BCUT2D eigenvalue weighted by Crippen LogP contribution is -2.48. The SMILES string of the molecule is CC(C)Oc1ncccc1CNC(=O)NCC1CCCCN1Cc1ccccc1. The number of amides is 2. The molecule has 1 aliphatic rings. The summed E-state index contributed by atoms with van der Waals surface area (Å²) in [6.45, 7) is 6.98. The lowest BCUT2D eigenvalue weighted by Gasteiger charge is -2.35. The fraction of sp³-hybridized carbons (Fsp3) is 0.478. The van der Waals surface area contributed by atoms with Crippen molar-refractivity contribution < 1.29 is 9.53 Å². The molecule has 0 bridgehead atoms. The van der Waals surface area contributed by atoms with Gasteiger partial charge >= 0.3 is 6.03 Å². The molecule has 29 heavy (non-hydrogen) atoms. The highest BCUT2D eigenvalue weighted by Crippen LogP contribution is 2.19. The molecule has 3 rings (SSSR count). The highest BCUT2D eigenvalue weighted by atomic mass is 16.5. The van der Waals surface area contributed by atoms with Crippen molar-refractivity contribution in [3.05, 3.63) is 59.8 Å². The zero-order valence-electron chi connectivity index (χ0n) is 17.4. The largest absolute Gasteiger partial charge is 0.475 e. The molecule has 1 fully saturated rings. The van der Waals surface area contributed by atoms with Gasteiger partial charge in [0.25, 0.3) is 0 Å². The summed E-state index contributed by atoms with van der Waals surface area (Å²) in [7, 11) is 0. The Kier molecular flexibility index (Phi) is 7.87. The predicted molar refractivity (Wildman–Crippen MR) is 115 cm³/mol. The first-order valence-electron chi connectivity index (χ1n) is 10.5. The highest BCUT2D eigenvalue weighted by molar-refractivity contribution is 5.73. The molecule has 1 aliphatic heterocycles. The third-order valence-electron chi connectivity index (χ3n) is 5.11. The van der Waals surface area contributed by atoms with Crippen LogP contribution in [-0.2, 0) is 13.1 Å². The van der Waals surface area contributed by atoms with Crippen molar-refractivity contribution in [2.45, 2.75) is 58.3 Å². The van der Waals surface area contributed by atoms with Gasteiger partial charge in [-0.25, -0.2) is 9.78 Å². The van der Waals surface area contributed by atoms with Crippen LogP contribution >= 0.6 is 0 Å². The summed E-state index contributed by atoms with van der Waals surface area (Å²) >= 11 is 0. The molecule has 0 aliphatic carbocycles. The number of hydrogen-bond donors (Lipinski definition) is 2. The van der Waals surface area contributed by atoms with Gasteiger partial charge in [0.05, 0.1) is 6.10 Å². The number of aromatic nitrogens is 1. The van der Waals surface area contributed by atoms with Gasteiger partial charge in [0, 0.05) is 37.4 Å². The van der Waals surface area contributed by atoms with Crippen LogP contribution in [0.2, 0.25) is 0 Å². The van der Waals surface area contributed by atoms with Crippen LogP contribution in [0.25, 0.3) is 0 Å². The number of benzene rings is 1. The van der Waals surface area contributed by atoms with Gasteiger partial charge in [-0.2, -0.15) is 0 Å². The van der Waals surface area contributed by atoms with Crippen molar-refractivity contribution in [3.8, 4) is 5.88 Å². The van der Waals surface area contributed by atoms with Gasteiger partial charge in [-0.1, -0.05) is 42.8 Å². The number of hydrogen-bond acceptors (Lipinski definition) is 4. The van der Waals surface area contributed by atoms with Gasteiger partial charge < -0.3 is 15.4 Å². The van der Waals surface area contributed by atoms with E-state index in [9.17, 15) is 4.79 Å². The number of ether oxygens (including phenoxy) is 1. The van der Waals surface area contributed by atoms with E-state index in [0.29, 0.717) is 25.0 Å². The molecule has 1 atom stereocenters. The van der Waals surface area contributed by atoms with Gasteiger partial charge in [-0.05, 0) is 44.9 Å². The molecule has 1 aromatic carbocycles. The molecular weight excluding hydrogens is 364 g/mol. The number of carbonyl (C=O) groups excluding carboxylic acids is 1. The maximum atomic E-state index is 12.4. The Balaban J connectivity index is 1.48. The molecule has 1 saturated heterocycles. The number of pyridine rings is 1. The average molecular weight is 397 g/mol. The first-order valence-corrected chi connectivity index (χ1v) is 10.5. The van der Waals surface area contributed by atoms with E-state index in [1.807, 2.05) is 32.0 Å². The molecule has 0 radical (unpaired) electrons. The van der Waals surface area contributed by atoms with Crippen LogP contribution in [0.15, 0.2) is 48.7 Å². The maximum absolute atomic E-state index is 12.4. The highest BCUT2D eigenvalue weighted by Gasteiger charge is 2.22. The number of urea groups is 1. The van der Waals surface area contributed by atoms with E-state index in [1.54, 1.807) is 6.20 Å². The molecule has 6 nitrogen and oxygen atoms in total. The number of nitrogens with zero attached hydrogens (tertiary/aromatic N) is 2. The van der Waals surface area contributed by atoms with E-state index in [1.165, 1.54) is 18.4 Å². The molecular formula is C23H32N4O2. The number of likely N-dealkylation sites (tertiary alicyclic amines) is 1. The van der Waals surface area contributed by atoms with Gasteiger partial charge in [-0.15, -0.1) is 0 Å². The van der Waals surface area contributed by atoms with Crippen molar-refractivity contribution in [3.63, 3.8) is 0 Å². The Morgan fingerprint density at radius 1 is 1.17 bits per heavy atom. The third-order valence-corrected chi connectivity index (χ3v) is 5.11. The van der Waals surface area contributed by atoms with Crippen molar-refractivity contribution >= 4 is 6.03 Å². The summed E-state index contributed by atoms with van der Waals surface area (Å²) in [5.41, 5.74) is 2.19. The molecule has 1 unspecified atom stereocenters. The fourth-order valence-electron chi connectivity index (χ4n) is 3.65. The van der Waals surface area contributed by atoms with E-state index in [2.05, 4.69) is 44.8 Å². The average Bonchev–Trinajstić information content (AvgIpc) is 2.73. The van der Waals surface area contributed by atoms with Gasteiger partial charge in [0.2, 0.25) is 5.88 Å². The number of carbonyl (C=O) groups is 1. The zero-order chi connectivity index (χ0) is 20.5. The first-order chi connectivity index (χ1) is 14.1. The van der Waals surface area contributed by atoms with E-state index >= 15 is 0 Å². The normalized spacial score (nSPS) is 17.1. The fourth-order valence-corrected chi connectivity index (χ4v) is 3.65. The van der Waals surface area contributed by atoms with E-state index < -0.39 is 0 Å². The minimum absolute atomic E-state index is 0.0411. The van der Waals surface area contributed by atoms with E-state index in [0.717, 1.165) is 25.1 Å². The van der Waals surface area contributed by atoms with Crippen molar-refractivity contribution in [2.75, 3.05) is 13.1 Å². The minimum Gasteiger partial charge on any atom is -0.475 e. The lowest BCUT2D eigenvalue weighted by molar-refractivity contribution is 0.138. The second-order valence-electron chi connectivity index (χ2n) is 7.80. The van der Waals surface area contributed by atoms with Crippen molar-refractivity contribution in [1.29, 1.82) is 0 Å². The molecule has 2 amide bonds. The first kappa shape index (κ1) is 21.1. The van der Waals surface area contributed by atoms with Crippen LogP contribution in [-0.4, -0.2) is 41.2 Å². The summed E-state index contributed by atoms with van der Waals surface area (Å²) < 4.78 is 5.71. The zero-order valence-corrected chi connectivity index (χ0v) is 17.4. The predicted octanol–water partition coefficient (Wildman–Crippen LogP) is 3.72. The van der Waals surface area contributed by atoms with Crippen LogP contribution < -0.4 is 15.4 Å². The Hall–Kier alpha value is -2.60. The van der Waals surface area contributed by atoms with E-state index in [-0.39, 0.29) is 12.1 Å². The molecule has 2 heterocycles. The second kappa shape index (κ2) is 10.8. The number of nitrogens with one attached hydrogen (secondary N) is 2. The molecule has 6 heteroatoms. The summed E-state index contributed by atoms with van der Waals surface area (Å²) in [6, 6.07) is 14.5. The summed E-state index contributed by atoms with van der Waals surface area (Å²) in [4.78, 5) is 19.1. The lowest BCUT2D eigenvalue weighted by atomic mass is 10.0. The molecule has 0 saturated carbocycles. The van der Waals surface area contributed by atoms with Crippen LogP contribution in [0.3, 0.4) is 0 Å². The van der Waals surface area contributed by atoms with Crippen LogP contribution in [0.4, 0.5) is 4.79 Å². The molecule has 2 aromatic rings. The Labute approximate surface area is 173 Å². The monoisotopic (exact) mass is 396 g/mol. The Morgan fingerprint density at radius 3 is 2.79 bits per heavy atom. The number of piperidine rings is 1. The Morgan fingerprint density at radius 2 is 2.00 bits per heavy atom. The summed E-state index contributed by atoms with van der Waals surface area (Å²) in [5, 5.41) is 5.97. The molecule has 0 spiro atoms.